The van der Waals surface area contributed by atoms with Gasteiger partial charge in [0.15, 0.2) is 0 Å². The summed E-state index contributed by atoms with van der Waals surface area (Å²) in [5, 5.41) is 3.29. The highest BCUT2D eigenvalue weighted by atomic mass is 16.6. The summed E-state index contributed by atoms with van der Waals surface area (Å²) in [5.74, 6) is 1.64. The van der Waals surface area contributed by atoms with E-state index in [1.165, 1.54) is 0 Å². The standard InChI is InChI=1S/C17H24N2O4/c1-17(2,3)23-16(20)19-8-6-13(11-19)22-12-4-5-15-14(10-12)18-7-9-21-15/h4-5,10,13,18H,6-9,11H2,1-3H3. The Bertz CT molecular complexity index is 582. The van der Waals surface area contributed by atoms with Gasteiger partial charge in [0.05, 0.1) is 12.2 Å². The van der Waals surface area contributed by atoms with Crippen LogP contribution in [0.3, 0.4) is 0 Å². The van der Waals surface area contributed by atoms with Gasteiger partial charge in [0, 0.05) is 25.6 Å². The Morgan fingerprint density at radius 2 is 2.22 bits per heavy atom. The molecule has 0 aliphatic carbocycles. The molecule has 1 atom stereocenters. The number of carbonyl (C=O) groups excluding carboxylic acids is 1. The molecule has 0 radical (unpaired) electrons. The molecule has 0 aromatic heterocycles. The van der Waals surface area contributed by atoms with Gasteiger partial charge in [-0.3, -0.25) is 0 Å². The Balaban J connectivity index is 1.57. The van der Waals surface area contributed by atoms with Crippen LogP contribution in [-0.4, -0.2) is 48.9 Å². The molecule has 1 aromatic carbocycles. The topological polar surface area (TPSA) is 60.0 Å². The number of nitrogens with zero attached hydrogens (tertiary/aromatic N) is 1. The van der Waals surface area contributed by atoms with E-state index in [0.29, 0.717) is 19.7 Å². The van der Waals surface area contributed by atoms with Crippen molar-refractivity contribution in [2.24, 2.45) is 0 Å². The van der Waals surface area contributed by atoms with Crippen molar-refractivity contribution >= 4 is 11.8 Å². The summed E-state index contributed by atoms with van der Waals surface area (Å²) < 4.78 is 17.0. The normalized spacial score (nSPS) is 20.3. The molecule has 1 fully saturated rings. The summed E-state index contributed by atoms with van der Waals surface area (Å²) in [4.78, 5) is 13.8. The Labute approximate surface area is 136 Å². The molecular weight excluding hydrogens is 296 g/mol. The van der Waals surface area contributed by atoms with E-state index in [0.717, 1.165) is 30.2 Å². The summed E-state index contributed by atoms with van der Waals surface area (Å²) in [6.07, 6.45) is 0.523. The monoisotopic (exact) mass is 320 g/mol. The lowest BCUT2D eigenvalue weighted by molar-refractivity contribution is 0.0275. The summed E-state index contributed by atoms with van der Waals surface area (Å²) in [6.45, 7) is 8.31. The van der Waals surface area contributed by atoms with Crippen molar-refractivity contribution in [3.05, 3.63) is 18.2 Å². The number of nitrogens with one attached hydrogen (secondary N) is 1. The average molecular weight is 320 g/mol. The highest BCUT2D eigenvalue weighted by molar-refractivity contribution is 5.68. The second kappa shape index (κ2) is 6.18. The fourth-order valence-electron chi connectivity index (χ4n) is 2.70. The summed E-state index contributed by atoms with van der Waals surface area (Å²) in [6, 6.07) is 5.77. The molecular formula is C17H24N2O4. The van der Waals surface area contributed by atoms with E-state index in [2.05, 4.69) is 5.32 Å². The lowest BCUT2D eigenvalue weighted by atomic mass is 10.2. The molecule has 1 aromatic rings. The van der Waals surface area contributed by atoms with Crippen LogP contribution in [0.4, 0.5) is 10.5 Å². The van der Waals surface area contributed by atoms with Crippen molar-refractivity contribution in [2.75, 3.05) is 31.6 Å². The van der Waals surface area contributed by atoms with Crippen LogP contribution in [0.15, 0.2) is 18.2 Å². The molecule has 1 N–H and O–H groups in total. The van der Waals surface area contributed by atoms with Crippen molar-refractivity contribution in [3.63, 3.8) is 0 Å². The average Bonchev–Trinajstić information content (AvgIpc) is 2.94. The second-order valence-corrected chi connectivity index (χ2v) is 6.89. The first-order valence-corrected chi connectivity index (χ1v) is 8.06. The minimum atomic E-state index is -0.472. The van der Waals surface area contributed by atoms with E-state index in [-0.39, 0.29) is 12.2 Å². The van der Waals surface area contributed by atoms with Gasteiger partial charge in [0.1, 0.15) is 29.8 Å². The first kappa shape index (κ1) is 15.8. The number of hydrogen-bond donors (Lipinski definition) is 1. The van der Waals surface area contributed by atoms with Gasteiger partial charge in [-0.05, 0) is 32.9 Å². The van der Waals surface area contributed by atoms with E-state index < -0.39 is 5.60 Å². The van der Waals surface area contributed by atoms with Crippen LogP contribution in [0.2, 0.25) is 0 Å². The first-order chi connectivity index (χ1) is 10.9. The third-order valence-electron chi connectivity index (χ3n) is 3.73. The van der Waals surface area contributed by atoms with Crippen LogP contribution >= 0.6 is 0 Å². The third kappa shape index (κ3) is 4.00. The highest BCUT2D eigenvalue weighted by Crippen LogP contribution is 2.32. The number of benzene rings is 1. The maximum atomic E-state index is 12.1. The van der Waals surface area contributed by atoms with Crippen LogP contribution in [0.25, 0.3) is 0 Å². The van der Waals surface area contributed by atoms with Crippen molar-refractivity contribution in [1.82, 2.24) is 4.90 Å². The molecule has 6 heteroatoms. The first-order valence-electron chi connectivity index (χ1n) is 8.06. The molecule has 1 amide bonds. The zero-order valence-electron chi connectivity index (χ0n) is 13.9. The lowest BCUT2D eigenvalue weighted by Gasteiger charge is -2.24. The molecule has 6 nitrogen and oxygen atoms in total. The molecule has 126 valence electrons. The number of likely N-dealkylation sites (tertiary alicyclic amines) is 1. The predicted octanol–water partition coefficient (Wildman–Crippen LogP) is 2.88. The molecule has 0 bridgehead atoms. The number of amides is 1. The number of carbonyl (C=O) groups is 1. The summed E-state index contributed by atoms with van der Waals surface area (Å²) >= 11 is 0. The van der Waals surface area contributed by atoms with E-state index in [4.69, 9.17) is 14.2 Å². The Morgan fingerprint density at radius 3 is 3.00 bits per heavy atom. The van der Waals surface area contributed by atoms with Gasteiger partial charge in [0.25, 0.3) is 0 Å². The van der Waals surface area contributed by atoms with Gasteiger partial charge in [-0.25, -0.2) is 4.79 Å². The second-order valence-electron chi connectivity index (χ2n) is 6.89. The summed E-state index contributed by atoms with van der Waals surface area (Å²) in [5.41, 5.74) is 0.482. The number of fused-ring (bicyclic) bond motifs is 1. The Kier molecular flexibility index (Phi) is 4.24. The molecule has 3 rings (SSSR count). The SMILES string of the molecule is CC(C)(C)OC(=O)N1CCC(Oc2ccc3c(c2)NCCO3)C1. The zero-order valence-corrected chi connectivity index (χ0v) is 13.9. The predicted molar refractivity (Wildman–Crippen MR) is 87.3 cm³/mol. The van der Waals surface area contributed by atoms with E-state index in [9.17, 15) is 4.79 Å². The third-order valence-corrected chi connectivity index (χ3v) is 3.73. The van der Waals surface area contributed by atoms with Gasteiger partial charge in [0.2, 0.25) is 0 Å². The maximum absolute atomic E-state index is 12.1. The smallest absolute Gasteiger partial charge is 0.410 e. The summed E-state index contributed by atoms with van der Waals surface area (Å²) in [7, 11) is 0. The van der Waals surface area contributed by atoms with Crippen LogP contribution in [0.5, 0.6) is 11.5 Å². The van der Waals surface area contributed by atoms with Gasteiger partial charge >= 0.3 is 6.09 Å². The molecule has 23 heavy (non-hydrogen) atoms. The van der Waals surface area contributed by atoms with Crippen LogP contribution in [-0.2, 0) is 4.74 Å². The van der Waals surface area contributed by atoms with Crippen LogP contribution in [0, 0.1) is 0 Å². The van der Waals surface area contributed by atoms with Gasteiger partial charge < -0.3 is 24.4 Å². The van der Waals surface area contributed by atoms with E-state index in [1.54, 1.807) is 4.90 Å². The Hall–Kier alpha value is -2.11. The molecule has 1 saturated heterocycles. The fourth-order valence-corrected chi connectivity index (χ4v) is 2.70. The minimum Gasteiger partial charge on any atom is -0.490 e. The van der Waals surface area contributed by atoms with Gasteiger partial charge in [-0.1, -0.05) is 0 Å². The Morgan fingerprint density at radius 1 is 1.39 bits per heavy atom. The van der Waals surface area contributed by atoms with Crippen molar-refractivity contribution in [2.45, 2.75) is 38.9 Å². The maximum Gasteiger partial charge on any atom is 0.410 e. The molecule has 1 unspecified atom stereocenters. The lowest BCUT2D eigenvalue weighted by Crippen LogP contribution is -2.36. The molecule has 2 aliphatic heterocycles. The molecule has 0 spiro atoms. The van der Waals surface area contributed by atoms with E-state index in [1.807, 2.05) is 39.0 Å². The van der Waals surface area contributed by atoms with Crippen molar-refractivity contribution < 1.29 is 19.0 Å². The highest BCUT2D eigenvalue weighted by Gasteiger charge is 2.31. The quantitative estimate of drug-likeness (QED) is 0.908. The van der Waals surface area contributed by atoms with Gasteiger partial charge in [-0.15, -0.1) is 0 Å². The van der Waals surface area contributed by atoms with Crippen LogP contribution in [0.1, 0.15) is 27.2 Å². The zero-order chi connectivity index (χ0) is 16.4. The van der Waals surface area contributed by atoms with Crippen molar-refractivity contribution in [1.29, 1.82) is 0 Å². The van der Waals surface area contributed by atoms with Gasteiger partial charge in [-0.2, -0.15) is 0 Å². The fraction of sp³-hybridized carbons (Fsp3) is 0.588. The number of anilines is 1. The van der Waals surface area contributed by atoms with Crippen LogP contribution < -0.4 is 14.8 Å². The number of hydrogen-bond acceptors (Lipinski definition) is 5. The largest absolute Gasteiger partial charge is 0.490 e. The van der Waals surface area contributed by atoms with E-state index >= 15 is 0 Å². The molecule has 2 heterocycles. The molecule has 2 aliphatic rings. The number of rotatable bonds is 2. The van der Waals surface area contributed by atoms with Crippen molar-refractivity contribution in [3.8, 4) is 11.5 Å². The number of ether oxygens (including phenoxy) is 3. The minimum absolute atomic E-state index is 0.00919. The molecule has 0 saturated carbocycles.